The highest BCUT2D eigenvalue weighted by Gasteiger charge is 2.71. The van der Waals surface area contributed by atoms with Crippen molar-refractivity contribution < 1.29 is 19.2 Å². The minimum Gasteiger partial charge on any atom is -0.487 e. The molecule has 2 N–H and O–H groups in total. The molecule has 2 spiro atoms. The Kier molecular flexibility index (Phi) is 3.12. The monoisotopic (exact) mass is 364 g/mol. The average Bonchev–Trinajstić information content (AvgIpc) is 2.95. The van der Waals surface area contributed by atoms with Gasteiger partial charge >= 0.3 is 12.4 Å². The lowest BCUT2D eigenvalue weighted by molar-refractivity contribution is -0.294. The SMILES string of the molecule is Cc1c[n+]#cc(-c2ccc3c(c2)C2(COC(N)=N2)C2(COC2)C(C)(C)O3)c1. The lowest BCUT2D eigenvalue weighted by Gasteiger charge is -2.61. The molecule has 0 aliphatic carbocycles. The van der Waals surface area contributed by atoms with E-state index < -0.39 is 11.1 Å². The molecular formula is C21H22N3O3+. The van der Waals surface area contributed by atoms with Gasteiger partial charge in [0.15, 0.2) is 0 Å². The molecule has 5 rings (SSSR count). The van der Waals surface area contributed by atoms with Gasteiger partial charge in [0.2, 0.25) is 0 Å². The van der Waals surface area contributed by atoms with Crippen LogP contribution in [0, 0.1) is 18.5 Å². The molecule has 0 bridgehead atoms. The minimum absolute atomic E-state index is 0.221. The maximum Gasteiger partial charge on any atom is 0.320 e. The number of hydrogen-bond acceptors (Lipinski definition) is 5. The van der Waals surface area contributed by atoms with Gasteiger partial charge in [-0.3, -0.25) is 0 Å². The average molecular weight is 364 g/mol. The lowest BCUT2D eigenvalue weighted by atomic mass is 9.55. The predicted molar refractivity (Wildman–Crippen MR) is 98.3 cm³/mol. The van der Waals surface area contributed by atoms with Gasteiger partial charge in [0.25, 0.3) is 6.02 Å². The maximum atomic E-state index is 6.44. The minimum atomic E-state index is -0.625. The van der Waals surface area contributed by atoms with E-state index in [0.29, 0.717) is 19.8 Å². The first-order chi connectivity index (χ1) is 12.9. The van der Waals surface area contributed by atoms with E-state index in [9.17, 15) is 0 Å². The molecule has 3 aliphatic rings. The van der Waals surface area contributed by atoms with Crippen molar-refractivity contribution in [1.82, 2.24) is 0 Å². The standard InChI is InChI=1S/C21H22N3O3/c1-13-6-15(9-23-8-13)14-4-5-17-16(7-14)21(12-26-18(22)24-21)20(10-25-11-20)19(2,3)27-17/h4-8H,10-12H2,1-3H3,(H2,22,24)/q+1. The quantitative estimate of drug-likeness (QED) is 0.834. The van der Waals surface area contributed by atoms with Gasteiger partial charge in [-0.2, -0.15) is 0 Å². The Bertz CT molecular complexity index is 965. The third kappa shape index (κ3) is 2.00. The molecule has 2 aromatic rings. The fraction of sp³-hybridized carbons (Fsp3) is 0.429. The third-order valence-corrected chi connectivity index (χ3v) is 6.30. The summed E-state index contributed by atoms with van der Waals surface area (Å²) in [4.78, 5) is 9.03. The summed E-state index contributed by atoms with van der Waals surface area (Å²) in [5.74, 6) is 0.809. The van der Waals surface area contributed by atoms with Crippen molar-refractivity contribution >= 4 is 6.02 Å². The predicted octanol–water partition coefficient (Wildman–Crippen LogP) is 1.79. The molecule has 1 unspecified atom stereocenters. The molecule has 27 heavy (non-hydrogen) atoms. The number of aromatic nitrogens is 1. The van der Waals surface area contributed by atoms with E-state index in [4.69, 9.17) is 24.9 Å². The van der Waals surface area contributed by atoms with Crippen LogP contribution in [0.4, 0.5) is 0 Å². The molecule has 1 aromatic heterocycles. The third-order valence-electron chi connectivity index (χ3n) is 6.30. The summed E-state index contributed by atoms with van der Waals surface area (Å²) in [6.07, 6.45) is 4.87. The molecule has 1 aromatic carbocycles. The summed E-state index contributed by atoms with van der Waals surface area (Å²) in [5.41, 5.74) is 8.59. The van der Waals surface area contributed by atoms with Crippen LogP contribution in [-0.4, -0.2) is 31.4 Å². The normalized spacial score (nSPS) is 26.4. The van der Waals surface area contributed by atoms with Gasteiger partial charge in [-0.05, 0) is 55.6 Å². The number of nitrogens with two attached hydrogens (primary N) is 1. The van der Waals surface area contributed by atoms with Crippen LogP contribution in [0.3, 0.4) is 0 Å². The van der Waals surface area contributed by atoms with Crippen molar-refractivity contribution in [3.8, 4) is 16.9 Å². The van der Waals surface area contributed by atoms with Crippen molar-refractivity contribution in [1.29, 1.82) is 0 Å². The highest BCUT2D eigenvalue weighted by Crippen LogP contribution is 2.62. The molecule has 0 radical (unpaired) electrons. The van der Waals surface area contributed by atoms with Crippen LogP contribution in [0.1, 0.15) is 25.0 Å². The van der Waals surface area contributed by atoms with Crippen LogP contribution in [0.15, 0.2) is 35.5 Å². The molecule has 3 aliphatic heterocycles. The van der Waals surface area contributed by atoms with Crippen molar-refractivity contribution in [2.24, 2.45) is 16.1 Å². The molecule has 6 heteroatoms. The molecule has 0 amide bonds. The van der Waals surface area contributed by atoms with E-state index in [1.165, 1.54) is 0 Å². The van der Waals surface area contributed by atoms with Crippen molar-refractivity contribution in [2.45, 2.75) is 31.9 Å². The Morgan fingerprint density at radius 3 is 2.63 bits per heavy atom. The Labute approximate surface area is 158 Å². The molecule has 1 fully saturated rings. The zero-order valence-corrected chi connectivity index (χ0v) is 15.7. The fourth-order valence-electron chi connectivity index (χ4n) is 4.59. The van der Waals surface area contributed by atoms with Gasteiger partial charge < -0.3 is 19.9 Å². The van der Waals surface area contributed by atoms with Crippen LogP contribution in [-0.2, 0) is 15.0 Å². The number of rotatable bonds is 1. The molecule has 4 heterocycles. The number of nitrogens with zero attached hydrogens (tertiary/aromatic N) is 2. The molecule has 0 saturated carbocycles. The van der Waals surface area contributed by atoms with Crippen LogP contribution in [0.5, 0.6) is 5.75 Å². The van der Waals surface area contributed by atoms with Gasteiger partial charge in [-0.15, -0.1) is 0 Å². The van der Waals surface area contributed by atoms with E-state index in [1.54, 1.807) is 6.20 Å². The molecular weight excluding hydrogens is 342 g/mol. The summed E-state index contributed by atoms with van der Waals surface area (Å²) in [7, 11) is 0. The van der Waals surface area contributed by atoms with Crippen LogP contribution in [0.25, 0.3) is 11.1 Å². The summed E-state index contributed by atoms with van der Waals surface area (Å²) < 4.78 is 17.8. The van der Waals surface area contributed by atoms with Gasteiger partial charge in [-0.1, -0.05) is 0 Å². The second-order valence-electron chi connectivity index (χ2n) is 8.17. The van der Waals surface area contributed by atoms with Gasteiger partial charge in [0.05, 0.1) is 18.6 Å². The van der Waals surface area contributed by atoms with E-state index in [0.717, 1.165) is 28.0 Å². The number of aryl methyl sites for hydroxylation is 1. The van der Waals surface area contributed by atoms with Crippen molar-refractivity contribution in [3.63, 3.8) is 0 Å². The van der Waals surface area contributed by atoms with E-state index in [1.807, 2.05) is 19.1 Å². The second-order valence-corrected chi connectivity index (χ2v) is 8.17. The Morgan fingerprint density at radius 2 is 2.00 bits per heavy atom. The number of benzene rings is 1. The first-order valence-corrected chi connectivity index (χ1v) is 9.11. The Hall–Kier alpha value is -2.78. The fourth-order valence-corrected chi connectivity index (χ4v) is 4.59. The lowest BCUT2D eigenvalue weighted by Crippen LogP contribution is -2.71. The summed E-state index contributed by atoms with van der Waals surface area (Å²) in [6, 6.07) is 8.44. The Balaban J connectivity index is 1.74. The van der Waals surface area contributed by atoms with Crippen LogP contribution < -0.4 is 15.5 Å². The second kappa shape index (κ2) is 5.14. The van der Waals surface area contributed by atoms with E-state index in [-0.39, 0.29) is 11.4 Å². The smallest absolute Gasteiger partial charge is 0.320 e. The number of hydrogen-bond donors (Lipinski definition) is 1. The molecule has 1 atom stereocenters. The van der Waals surface area contributed by atoms with Crippen LogP contribution >= 0.6 is 0 Å². The molecule has 1 saturated heterocycles. The van der Waals surface area contributed by atoms with Crippen LogP contribution in [0.2, 0.25) is 0 Å². The first-order valence-electron chi connectivity index (χ1n) is 9.11. The van der Waals surface area contributed by atoms with E-state index >= 15 is 0 Å². The largest absolute Gasteiger partial charge is 0.487 e. The summed E-state index contributed by atoms with van der Waals surface area (Å²) in [6.45, 7) is 7.71. The molecule has 138 valence electrons. The highest BCUT2D eigenvalue weighted by molar-refractivity contribution is 5.76. The number of aliphatic imine (C=N–C) groups is 1. The van der Waals surface area contributed by atoms with Gasteiger partial charge in [0.1, 0.15) is 29.1 Å². The highest BCUT2D eigenvalue weighted by atomic mass is 16.5. The van der Waals surface area contributed by atoms with E-state index in [2.05, 4.69) is 37.2 Å². The summed E-state index contributed by atoms with van der Waals surface area (Å²) >= 11 is 0. The molecule has 6 nitrogen and oxygen atoms in total. The summed E-state index contributed by atoms with van der Waals surface area (Å²) in [5, 5.41) is 0. The zero-order valence-electron chi connectivity index (χ0n) is 15.7. The Morgan fingerprint density at radius 1 is 1.19 bits per heavy atom. The zero-order chi connectivity index (χ0) is 18.9. The van der Waals surface area contributed by atoms with Gasteiger partial charge in [-0.25, -0.2) is 4.99 Å². The first kappa shape index (κ1) is 16.4. The van der Waals surface area contributed by atoms with Crippen molar-refractivity contribution in [3.05, 3.63) is 47.8 Å². The maximum absolute atomic E-state index is 6.44. The number of ether oxygens (including phenoxy) is 3. The number of fused-ring (bicyclic) bond motifs is 3. The van der Waals surface area contributed by atoms with Crippen molar-refractivity contribution in [2.75, 3.05) is 19.8 Å². The van der Waals surface area contributed by atoms with Gasteiger partial charge in [0, 0.05) is 11.1 Å². The topological polar surface area (TPSA) is 80.2 Å². The number of amidine groups is 1.